The van der Waals surface area contributed by atoms with Crippen molar-refractivity contribution in [3.05, 3.63) is 35.9 Å². The fourth-order valence-corrected chi connectivity index (χ4v) is 2.91. The zero-order valence-electron chi connectivity index (χ0n) is 15.2. The average molecular weight is 344 g/mol. The van der Waals surface area contributed by atoms with E-state index in [-0.39, 0.29) is 17.9 Å². The van der Waals surface area contributed by atoms with Gasteiger partial charge in [-0.05, 0) is 49.5 Å². The number of carbonyl (C=O) groups is 2. The molecule has 1 aromatic carbocycles. The van der Waals surface area contributed by atoms with Gasteiger partial charge in [-0.3, -0.25) is 9.59 Å². The minimum Gasteiger partial charge on any atom is -0.376 e. The van der Waals surface area contributed by atoms with E-state index in [0.717, 1.165) is 43.7 Å². The van der Waals surface area contributed by atoms with Crippen molar-refractivity contribution >= 4 is 23.6 Å². The quantitative estimate of drug-likeness (QED) is 0.771. The van der Waals surface area contributed by atoms with Crippen LogP contribution in [0.4, 0.5) is 5.69 Å². The smallest absolute Gasteiger partial charge is 0.246 e. The van der Waals surface area contributed by atoms with Crippen molar-refractivity contribution in [2.45, 2.75) is 45.6 Å². The summed E-state index contributed by atoms with van der Waals surface area (Å²) in [6, 6.07) is 7.41. The maximum atomic E-state index is 12.5. The number of hydrogen-bond acceptors (Lipinski definition) is 3. The lowest BCUT2D eigenvalue weighted by atomic mass is 10.1. The molecular weight excluding hydrogens is 316 g/mol. The number of anilines is 1. The summed E-state index contributed by atoms with van der Waals surface area (Å²) in [6.45, 7) is 5.76. The predicted molar refractivity (Wildman–Crippen MR) is 100 cm³/mol. The molecule has 1 atom stereocenters. The Labute approximate surface area is 150 Å². The Kier molecular flexibility index (Phi) is 7.67. The molecule has 0 spiro atoms. The lowest BCUT2D eigenvalue weighted by molar-refractivity contribution is -0.128. The van der Waals surface area contributed by atoms with Crippen LogP contribution in [0, 0.1) is 0 Å². The molecule has 5 heteroatoms. The number of benzene rings is 1. The summed E-state index contributed by atoms with van der Waals surface area (Å²) in [5, 5.41) is 2.73. The van der Waals surface area contributed by atoms with Crippen molar-refractivity contribution in [2.75, 3.05) is 25.0 Å². The monoisotopic (exact) mass is 344 g/mol. The molecule has 1 heterocycles. The van der Waals surface area contributed by atoms with Gasteiger partial charge in [0.2, 0.25) is 11.8 Å². The molecular formula is C20H28N2O3. The maximum Gasteiger partial charge on any atom is 0.246 e. The van der Waals surface area contributed by atoms with Crippen LogP contribution in [-0.4, -0.2) is 42.5 Å². The minimum absolute atomic E-state index is 0.0157. The molecule has 1 aliphatic heterocycles. The first-order valence-electron chi connectivity index (χ1n) is 9.04. The summed E-state index contributed by atoms with van der Waals surface area (Å²) in [5.41, 5.74) is 1.67. The predicted octanol–water partition coefficient (Wildman–Crippen LogP) is 3.47. The van der Waals surface area contributed by atoms with Crippen molar-refractivity contribution in [1.29, 1.82) is 0 Å². The maximum absolute atomic E-state index is 12.5. The van der Waals surface area contributed by atoms with E-state index in [1.165, 1.54) is 13.3 Å². The highest BCUT2D eigenvalue weighted by atomic mass is 16.5. The van der Waals surface area contributed by atoms with Gasteiger partial charge in [0.15, 0.2) is 0 Å². The highest BCUT2D eigenvalue weighted by Gasteiger charge is 2.19. The van der Waals surface area contributed by atoms with Crippen LogP contribution in [-0.2, 0) is 14.3 Å². The van der Waals surface area contributed by atoms with E-state index < -0.39 is 0 Å². The van der Waals surface area contributed by atoms with Gasteiger partial charge in [-0.15, -0.1) is 0 Å². The number of amides is 2. The highest BCUT2D eigenvalue weighted by Crippen LogP contribution is 2.15. The van der Waals surface area contributed by atoms with Crippen molar-refractivity contribution in [3.8, 4) is 0 Å². The van der Waals surface area contributed by atoms with Gasteiger partial charge < -0.3 is 15.0 Å². The van der Waals surface area contributed by atoms with E-state index in [2.05, 4.69) is 12.2 Å². The SMILES string of the molecule is CCCN(CC1CCCCO1)C(=O)C=Cc1ccc(NC(C)=O)cc1. The zero-order valence-corrected chi connectivity index (χ0v) is 15.2. The standard InChI is InChI=1S/C20H28N2O3/c1-3-13-22(15-19-6-4-5-14-25-19)20(24)12-9-17-7-10-18(11-8-17)21-16(2)23/h7-12,19H,3-6,13-15H2,1-2H3,(H,21,23). The Morgan fingerprint density at radius 2 is 2.04 bits per heavy atom. The van der Waals surface area contributed by atoms with Gasteiger partial charge in [0.1, 0.15) is 0 Å². The Morgan fingerprint density at radius 1 is 1.28 bits per heavy atom. The summed E-state index contributed by atoms with van der Waals surface area (Å²) in [5.74, 6) is -0.0828. The molecule has 1 aromatic rings. The average Bonchev–Trinajstić information content (AvgIpc) is 2.61. The molecule has 1 fully saturated rings. The largest absolute Gasteiger partial charge is 0.376 e. The Balaban J connectivity index is 1.93. The minimum atomic E-state index is -0.0985. The number of ether oxygens (including phenoxy) is 1. The van der Waals surface area contributed by atoms with E-state index in [1.54, 1.807) is 6.08 Å². The second-order valence-corrected chi connectivity index (χ2v) is 6.41. The number of carbonyl (C=O) groups excluding carboxylic acids is 2. The summed E-state index contributed by atoms with van der Waals surface area (Å²) in [6.07, 6.45) is 7.84. The van der Waals surface area contributed by atoms with Crippen LogP contribution in [0.25, 0.3) is 6.08 Å². The first-order chi connectivity index (χ1) is 12.1. The lowest BCUT2D eigenvalue weighted by Crippen LogP contribution is -2.39. The second-order valence-electron chi connectivity index (χ2n) is 6.41. The van der Waals surface area contributed by atoms with Crippen molar-refractivity contribution < 1.29 is 14.3 Å². The topological polar surface area (TPSA) is 58.6 Å². The van der Waals surface area contributed by atoms with E-state index in [9.17, 15) is 9.59 Å². The molecule has 2 amide bonds. The molecule has 1 N–H and O–H groups in total. The number of rotatable bonds is 7. The molecule has 0 radical (unpaired) electrons. The molecule has 1 unspecified atom stereocenters. The van der Waals surface area contributed by atoms with Crippen LogP contribution >= 0.6 is 0 Å². The van der Waals surface area contributed by atoms with Crippen molar-refractivity contribution in [3.63, 3.8) is 0 Å². The van der Waals surface area contributed by atoms with E-state index in [4.69, 9.17) is 4.74 Å². The van der Waals surface area contributed by atoms with Crippen molar-refractivity contribution in [2.24, 2.45) is 0 Å². The number of nitrogens with zero attached hydrogens (tertiary/aromatic N) is 1. The molecule has 0 aromatic heterocycles. The van der Waals surface area contributed by atoms with Crippen LogP contribution in [0.5, 0.6) is 0 Å². The first kappa shape index (κ1) is 19.2. The Morgan fingerprint density at radius 3 is 2.64 bits per heavy atom. The van der Waals surface area contributed by atoms with E-state index in [1.807, 2.05) is 35.2 Å². The normalized spacial score (nSPS) is 17.4. The van der Waals surface area contributed by atoms with Gasteiger partial charge in [-0.1, -0.05) is 19.1 Å². The lowest BCUT2D eigenvalue weighted by Gasteiger charge is -2.29. The molecule has 136 valence electrons. The Hall–Kier alpha value is -2.14. The molecule has 0 bridgehead atoms. The van der Waals surface area contributed by atoms with Crippen LogP contribution in [0.3, 0.4) is 0 Å². The summed E-state index contributed by atoms with van der Waals surface area (Å²) in [4.78, 5) is 25.4. The number of nitrogens with one attached hydrogen (secondary N) is 1. The van der Waals surface area contributed by atoms with Crippen molar-refractivity contribution in [1.82, 2.24) is 4.90 Å². The fourth-order valence-electron chi connectivity index (χ4n) is 2.91. The first-order valence-corrected chi connectivity index (χ1v) is 9.04. The zero-order chi connectivity index (χ0) is 18.1. The summed E-state index contributed by atoms with van der Waals surface area (Å²) >= 11 is 0. The summed E-state index contributed by atoms with van der Waals surface area (Å²) in [7, 11) is 0. The fraction of sp³-hybridized carbons (Fsp3) is 0.500. The molecule has 2 rings (SSSR count). The van der Waals surface area contributed by atoms with E-state index >= 15 is 0 Å². The number of hydrogen-bond donors (Lipinski definition) is 1. The van der Waals surface area contributed by atoms with E-state index in [0.29, 0.717) is 6.54 Å². The van der Waals surface area contributed by atoms with Crippen LogP contribution in [0.1, 0.15) is 45.1 Å². The van der Waals surface area contributed by atoms with Gasteiger partial charge in [0.05, 0.1) is 6.10 Å². The van der Waals surface area contributed by atoms with Crippen LogP contribution in [0.2, 0.25) is 0 Å². The molecule has 5 nitrogen and oxygen atoms in total. The third-order valence-corrected chi connectivity index (χ3v) is 4.15. The van der Waals surface area contributed by atoms with Gasteiger partial charge in [-0.2, -0.15) is 0 Å². The third-order valence-electron chi connectivity index (χ3n) is 4.15. The molecule has 0 aliphatic carbocycles. The summed E-state index contributed by atoms with van der Waals surface area (Å²) < 4.78 is 5.76. The third kappa shape index (κ3) is 6.70. The van der Waals surface area contributed by atoms with Gasteiger partial charge >= 0.3 is 0 Å². The highest BCUT2D eigenvalue weighted by molar-refractivity contribution is 5.92. The van der Waals surface area contributed by atoms with Gasteiger partial charge in [0.25, 0.3) is 0 Å². The molecule has 1 saturated heterocycles. The molecule has 25 heavy (non-hydrogen) atoms. The van der Waals surface area contributed by atoms with Gasteiger partial charge in [-0.25, -0.2) is 0 Å². The van der Waals surface area contributed by atoms with Crippen LogP contribution < -0.4 is 5.32 Å². The van der Waals surface area contributed by atoms with Crippen LogP contribution in [0.15, 0.2) is 30.3 Å². The van der Waals surface area contributed by atoms with Gasteiger partial charge in [0, 0.05) is 38.4 Å². The molecule has 0 saturated carbocycles. The second kappa shape index (κ2) is 9.99. The Bertz CT molecular complexity index is 589. The molecule has 1 aliphatic rings.